The number of terminal acetylenes is 1. The molecule has 1 rings (SSSR count). The van der Waals surface area contributed by atoms with Crippen LogP contribution in [0, 0.1) is 17.8 Å². The van der Waals surface area contributed by atoms with Crippen LogP contribution >= 0.6 is 0 Å². The number of hydrogen-bond acceptors (Lipinski definition) is 3. The van der Waals surface area contributed by atoms with E-state index in [4.69, 9.17) is 11.3 Å². The third-order valence-electron chi connectivity index (χ3n) is 2.51. The van der Waals surface area contributed by atoms with Crippen LogP contribution in [0.4, 0.5) is 0 Å². The summed E-state index contributed by atoms with van der Waals surface area (Å²) >= 11 is 0. The van der Waals surface area contributed by atoms with Crippen molar-refractivity contribution >= 4 is 0 Å². The van der Waals surface area contributed by atoms with E-state index in [1.165, 1.54) is 0 Å². The van der Waals surface area contributed by atoms with Crippen molar-refractivity contribution in [3.63, 3.8) is 0 Å². The van der Waals surface area contributed by atoms with Crippen molar-refractivity contribution in [1.82, 2.24) is 10.4 Å². The predicted octanol–water partition coefficient (Wildman–Crippen LogP) is 0.871. The van der Waals surface area contributed by atoms with Crippen molar-refractivity contribution in [3.05, 3.63) is 0 Å². The third-order valence-corrected chi connectivity index (χ3v) is 2.51. The Morgan fingerprint density at radius 2 is 2.29 bits per heavy atom. The fraction of sp³-hybridized carbons (Fsp3) is 0.818. The molecule has 1 aliphatic heterocycles. The SMILES string of the molecule is C#CCON1CCNC(C(C)(C)C)C1. The average Bonchev–Trinajstić information content (AvgIpc) is 2.14. The highest BCUT2D eigenvalue weighted by atomic mass is 16.7. The monoisotopic (exact) mass is 196 g/mol. The van der Waals surface area contributed by atoms with Gasteiger partial charge in [0.25, 0.3) is 0 Å². The van der Waals surface area contributed by atoms with Gasteiger partial charge in [0.1, 0.15) is 6.61 Å². The zero-order valence-electron chi connectivity index (χ0n) is 9.34. The van der Waals surface area contributed by atoms with E-state index in [1.807, 2.05) is 5.06 Å². The van der Waals surface area contributed by atoms with Crippen molar-refractivity contribution in [2.24, 2.45) is 5.41 Å². The van der Waals surface area contributed by atoms with Gasteiger partial charge in [-0.15, -0.1) is 6.42 Å². The Balaban J connectivity index is 2.40. The molecule has 0 radical (unpaired) electrons. The average molecular weight is 196 g/mol. The molecule has 80 valence electrons. The van der Waals surface area contributed by atoms with E-state index < -0.39 is 0 Å². The molecular weight excluding hydrogens is 176 g/mol. The zero-order valence-corrected chi connectivity index (χ0v) is 9.34. The first-order valence-electron chi connectivity index (χ1n) is 5.09. The van der Waals surface area contributed by atoms with E-state index in [1.54, 1.807) is 0 Å². The maximum atomic E-state index is 5.41. The van der Waals surface area contributed by atoms with E-state index in [0.717, 1.165) is 19.6 Å². The van der Waals surface area contributed by atoms with Crippen LogP contribution in [-0.4, -0.2) is 37.3 Å². The highest BCUT2D eigenvalue weighted by molar-refractivity contribution is 4.86. The molecule has 1 atom stereocenters. The second-order valence-electron chi connectivity index (χ2n) is 4.74. The van der Waals surface area contributed by atoms with Gasteiger partial charge in [0.15, 0.2) is 0 Å². The number of nitrogens with one attached hydrogen (secondary N) is 1. The van der Waals surface area contributed by atoms with Gasteiger partial charge in [-0.05, 0) is 5.41 Å². The number of hydrogen-bond donors (Lipinski definition) is 1. The minimum Gasteiger partial charge on any atom is -0.311 e. The molecule has 1 fully saturated rings. The predicted molar refractivity (Wildman–Crippen MR) is 57.6 cm³/mol. The van der Waals surface area contributed by atoms with E-state index in [0.29, 0.717) is 12.6 Å². The number of piperazine rings is 1. The van der Waals surface area contributed by atoms with Crippen LogP contribution in [0.3, 0.4) is 0 Å². The van der Waals surface area contributed by atoms with E-state index in [2.05, 4.69) is 32.0 Å². The molecular formula is C11H20N2O. The Labute approximate surface area is 86.8 Å². The maximum Gasteiger partial charge on any atom is 0.129 e. The third kappa shape index (κ3) is 3.30. The molecule has 0 aromatic heterocycles. The van der Waals surface area contributed by atoms with Crippen LogP contribution in [0.5, 0.6) is 0 Å². The minimum atomic E-state index is 0.262. The molecule has 14 heavy (non-hydrogen) atoms. The molecule has 0 amide bonds. The lowest BCUT2D eigenvalue weighted by atomic mass is 9.86. The summed E-state index contributed by atoms with van der Waals surface area (Å²) in [4.78, 5) is 5.41. The zero-order chi connectivity index (χ0) is 10.6. The van der Waals surface area contributed by atoms with Crippen molar-refractivity contribution in [3.8, 4) is 12.3 Å². The lowest BCUT2D eigenvalue weighted by Gasteiger charge is -2.39. The van der Waals surface area contributed by atoms with Crippen molar-refractivity contribution in [1.29, 1.82) is 0 Å². The van der Waals surface area contributed by atoms with Gasteiger partial charge in [-0.3, -0.25) is 4.84 Å². The molecule has 3 nitrogen and oxygen atoms in total. The quantitative estimate of drug-likeness (QED) is 0.663. The smallest absolute Gasteiger partial charge is 0.129 e. The van der Waals surface area contributed by atoms with Gasteiger partial charge < -0.3 is 5.32 Å². The standard InChI is InChI=1S/C11H20N2O/c1-5-8-14-13-7-6-12-10(9-13)11(2,3)4/h1,10,12H,6-9H2,2-4H3. The Hall–Kier alpha value is -0.560. The van der Waals surface area contributed by atoms with Crippen molar-refractivity contribution < 1.29 is 4.84 Å². The van der Waals surface area contributed by atoms with Gasteiger partial charge in [0.2, 0.25) is 0 Å². The summed E-state index contributed by atoms with van der Waals surface area (Å²) in [6.07, 6.45) is 5.15. The Bertz CT molecular complexity index is 214. The fourth-order valence-electron chi connectivity index (χ4n) is 1.55. The molecule has 1 aliphatic rings. The normalized spacial score (nSPS) is 24.6. The Kier molecular flexibility index (Phi) is 3.94. The lowest BCUT2D eigenvalue weighted by molar-refractivity contribution is -0.165. The number of hydroxylamine groups is 2. The number of rotatable bonds is 2. The molecule has 0 aromatic carbocycles. The van der Waals surface area contributed by atoms with E-state index >= 15 is 0 Å². The van der Waals surface area contributed by atoms with Gasteiger partial charge in [-0.25, -0.2) is 0 Å². The molecule has 1 heterocycles. The van der Waals surface area contributed by atoms with Crippen molar-refractivity contribution in [2.75, 3.05) is 26.2 Å². The van der Waals surface area contributed by atoms with Gasteiger partial charge in [0.05, 0.1) is 0 Å². The first-order valence-corrected chi connectivity index (χ1v) is 5.09. The Morgan fingerprint density at radius 3 is 2.86 bits per heavy atom. The first-order chi connectivity index (χ1) is 6.54. The van der Waals surface area contributed by atoms with Crippen LogP contribution < -0.4 is 5.32 Å². The van der Waals surface area contributed by atoms with Gasteiger partial charge in [0, 0.05) is 25.7 Å². The van der Waals surface area contributed by atoms with Crippen LogP contribution in [0.1, 0.15) is 20.8 Å². The molecule has 0 saturated carbocycles. The summed E-state index contributed by atoms with van der Waals surface area (Å²) in [5.74, 6) is 2.48. The van der Waals surface area contributed by atoms with Crippen LogP contribution in [0.15, 0.2) is 0 Å². The summed E-state index contributed by atoms with van der Waals surface area (Å²) < 4.78 is 0. The highest BCUT2D eigenvalue weighted by Gasteiger charge is 2.29. The molecule has 1 unspecified atom stereocenters. The molecule has 1 saturated heterocycles. The van der Waals surface area contributed by atoms with Crippen LogP contribution in [-0.2, 0) is 4.84 Å². The summed E-state index contributed by atoms with van der Waals surface area (Å²) in [6.45, 7) is 9.85. The molecule has 0 bridgehead atoms. The number of nitrogens with zero attached hydrogens (tertiary/aromatic N) is 1. The first kappa shape index (κ1) is 11.5. The van der Waals surface area contributed by atoms with Crippen LogP contribution in [0.25, 0.3) is 0 Å². The summed E-state index contributed by atoms with van der Waals surface area (Å²) in [6, 6.07) is 0.467. The molecule has 0 spiro atoms. The molecule has 0 aromatic rings. The van der Waals surface area contributed by atoms with Gasteiger partial charge in [-0.2, -0.15) is 5.06 Å². The topological polar surface area (TPSA) is 24.5 Å². The lowest BCUT2D eigenvalue weighted by Crippen LogP contribution is -2.55. The second kappa shape index (κ2) is 4.79. The Morgan fingerprint density at radius 1 is 1.57 bits per heavy atom. The van der Waals surface area contributed by atoms with E-state index in [9.17, 15) is 0 Å². The molecule has 1 N–H and O–H groups in total. The van der Waals surface area contributed by atoms with Crippen molar-refractivity contribution in [2.45, 2.75) is 26.8 Å². The maximum absolute atomic E-state index is 5.41. The molecule has 0 aliphatic carbocycles. The van der Waals surface area contributed by atoms with Crippen LogP contribution in [0.2, 0.25) is 0 Å². The summed E-state index contributed by atoms with van der Waals surface area (Å²) in [5.41, 5.74) is 0.262. The molecule has 3 heteroatoms. The fourth-order valence-corrected chi connectivity index (χ4v) is 1.55. The summed E-state index contributed by atoms with van der Waals surface area (Å²) in [7, 11) is 0. The largest absolute Gasteiger partial charge is 0.311 e. The highest BCUT2D eigenvalue weighted by Crippen LogP contribution is 2.21. The second-order valence-corrected chi connectivity index (χ2v) is 4.74. The van der Waals surface area contributed by atoms with Gasteiger partial charge >= 0.3 is 0 Å². The summed E-state index contributed by atoms with van der Waals surface area (Å²) in [5, 5.41) is 5.46. The minimum absolute atomic E-state index is 0.262. The van der Waals surface area contributed by atoms with Gasteiger partial charge in [-0.1, -0.05) is 26.7 Å². The van der Waals surface area contributed by atoms with E-state index in [-0.39, 0.29) is 5.41 Å².